The number of Topliss-reactive ketones (excluding diaryl/α,β-unsaturated/α-hetero) is 1. The van der Waals surface area contributed by atoms with Gasteiger partial charge in [-0.15, -0.1) is 0 Å². The minimum Gasteiger partial charge on any atom is -0.445 e. The molecule has 2 rings (SSSR count). The first kappa shape index (κ1) is 30.3. The number of ketones is 1. The molecule has 2 aromatic carbocycles. The Hall–Kier alpha value is -3.88. The number of nitrogens with one attached hydrogen (secondary N) is 3. The summed E-state index contributed by atoms with van der Waals surface area (Å²) in [5.41, 5.74) is 1.03. The molecule has 9 nitrogen and oxygen atoms in total. The van der Waals surface area contributed by atoms with Crippen LogP contribution in [0.1, 0.15) is 58.1 Å². The molecule has 0 radical (unpaired) electrons. The molecule has 1 unspecified atom stereocenters. The predicted octanol–water partition coefficient (Wildman–Crippen LogP) is 4.29. The lowest BCUT2D eigenvalue weighted by Gasteiger charge is -2.25. The third kappa shape index (κ3) is 12.4. The predicted molar refractivity (Wildman–Crippen MR) is 144 cm³/mol. The van der Waals surface area contributed by atoms with Gasteiger partial charge in [-0.25, -0.2) is 9.59 Å². The number of carbonyl (C=O) groups excluding carboxylic acids is 4. The van der Waals surface area contributed by atoms with Gasteiger partial charge in [0.15, 0.2) is 5.78 Å². The van der Waals surface area contributed by atoms with E-state index in [9.17, 15) is 19.2 Å². The van der Waals surface area contributed by atoms with E-state index in [1.165, 1.54) is 6.92 Å². The average Bonchev–Trinajstić information content (AvgIpc) is 2.86. The zero-order chi connectivity index (χ0) is 28.0. The Kier molecular flexibility index (Phi) is 12.3. The van der Waals surface area contributed by atoms with Gasteiger partial charge in [-0.2, -0.15) is 0 Å². The van der Waals surface area contributed by atoms with Crippen molar-refractivity contribution >= 4 is 23.9 Å². The Morgan fingerprint density at radius 1 is 0.789 bits per heavy atom. The van der Waals surface area contributed by atoms with E-state index >= 15 is 0 Å². The van der Waals surface area contributed by atoms with Gasteiger partial charge in [0.1, 0.15) is 18.2 Å². The number of unbranched alkanes of at least 4 members (excludes halogenated alkanes) is 1. The fraction of sp³-hybridized carbons (Fsp3) is 0.448. The highest BCUT2D eigenvalue weighted by Gasteiger charge is 2.27. The molecule has 38 heavy (non-hydrogen) atoms. The van der Waals surface area contributed by atoms with E-state index in [2.05, 4.69) is 16.0 Å². The summed E-state index contributed by atoms with van der Waals surface area (Å²) >= 11 is 0. The first-order valence-electron chi connectivity index (χ1n) is 12.8. The van der Waals surface area contributed by atoms with Crippen LogP contribution in [0.4, 0.5) is 9.59 Å². The second kappa shape index (κ2) is 15.4. The molecule has 3 N–H and O–H groups in total. The lowest BCUT2D eigenvalue weighted by atomic mass is 10.0. The molecule has 0 heterocycles. The van der Waals surface area contributed by atoms with Crippen LogP contribution in [0.5, 0.6) is 0 Å². The summed E-state index contributed by atoms with van der Waals surface area (Å²) in [6.45, 7) is 7.20. The quantitative estimate of drug-likeness (QED) is 0.335. The Morgan fingerprint density at radius 3 is 1.97 bits per heavy atom. The van der Waals surface area contributed by atoms with Crippen LogP contribution < -0.4 is 16.0 Å². The molecule has 0 aromatic heterocycles. The number of hydrogen-bond donors (Lipinski definition) is 3. The number of alkyl carbamates (subject to hydrolysis) is 2. The molecule has 2 aromatic rings. The van der Waals surface area contributed by atoms with Crippen molar-refractivity contribution in [3.63, 3.8) is 0 Å². The minimum atomic E-state index is -0.921. The molecule has 0 bridgehead atoms. The Bertz CT molecular complexity index is 1040. The summed E-state index contributed by atoms with van der Waals surface area (Å²) in [7, 11) is 0. The molecule has 0 aliphatic heterocycles. The maximum atomic E-state index is 13.1. The van der Waals surface area contributed by atoms with Crippen molar-refractivity contribution in [3.05, 3.63) is 71.8 Å². The zero-order valence-corrected chi connectivity index (χ0v) is 22.6. The topological polar surface area (TPSA) is 123 Å². The summed E-state index contributed by atoms with van der Waals surface area (Å²) in [4.78, 5) is 49.6. The Labute approximate surface area is 224 Å². The van der Waals surface area contributed by atoms with Gasteiger partial charge >= 0.3 is 12.2 Å². The maximum absolute atomic E-state index is 13.1. The molecule has 9 heteroatoms. The van der Waals surface area contributed by atoms with Crippen LogP contribution in [-0.4, -0.2) is 48.1 Å². The molecule has 0 saturated carbocycles. The molecule has 3 amide bonds. The first-order chi connectivity index (χ1) is 18.0. The van der Waals surface area contributed by atoms with Crippen molar-refractivity contribution in [3.8, 4) is 0 Å². The minimum absolute atomic E-state index is 0.187. The van der Waals surface area contributed by atoms with Crippen molar-refractivity contribution in [2.45, 2.75) is 77.7 Å². The third-order valence-corrected chi connectivity index (χ3v) is 5.50. The van der Waals surface area contributed by atoms with E-state index in [1.54, 1.807) is 20.8 Å². The largest absolute Gasteiger partial charge is 0.445 e. The van der Waals surface area contributed by atoms with Crippen molar-refractivity contribution in [1.29, 1.82) is 0 Å². The molecule has 206 valence electrons. The van der Waals surface area contributed by atoms with Crippen LogP contribution in [0.3, 0.4) is 0 Å². The average molecular weight is 526 g/mol. The number of amides is 3. The second-order valence-corrected chi connectivity index (χ2v) is 10.0. The van der Waals surface area contributed by atoms with Gasteiger partial charge in [0, 0.05) is 13.0 Å². The van der Waals surface area contributed by atoms with Gasteiger partial charge in [-0.3, -0.25) is 9.59 Å². The summed E-state index contributed by atoms with van der Waals surface area (Å²) < 4.78 is 10.5. The first-order valence-corrected chi connectivity index (χ1v) is 12.8. The highest BCUT2D eigenvalue weighted by Crippen LogP contribution is 2.10. The van der Waals surface area contributed by atoms with Crippen LogP contribution in [0.2, 0.25) is 0 Å². The second-order valence-electron chi connectivity index (χ2n) is 10.0. The lowest BCUT2D eigenvalue weighted by Crippen LogP contribution is -2.53. The van der Waals surface area contributed by atoms with Gasteiger partial charge in [0.25, 0.3) is 0 Å². The summed E-state index contributed by atoms with van der Waals surface area (Å²) in [6.07, 6.45) is 0.605. The van der Waals surface area contributed by atoms with Gasteiger partial charge in [-0.1, -0.05) is 60.7 Å². The van der Waals surface area contributed by atoms with Crippen LogP contribution in [0, 0.1) is 0 Å². The molecule has 0 aliphatic carbocycles. The number of hydrogen-bond acceptors (Lipinski definition) is 6. The summed E-state index contributed by atoms with van der Waals surface area (Å²) in [5.74, 6) is -0.660. The van der Waals surface area contributed by atoms with Crippen LogP contribution in [-0.2, 0) is 32.1 Å². The van der Waals surface area contributed by atoms with E-state index in [0.29, 0.717) is 25.8 Å². The third-order valence-electron chi connectivity index (χ3n) is 5.50. The smallest absolute Gasteiger partial charge is 0.408 e. The van der Waals surface area contributed by atoms with Gasteiger partial charge in [0.05, 0.1) is 6.04 Å². The molecule has 2 atom stereocenters. The highest BCUT2D eigenvalue weighted by molar-refractivity contribution is 5.91. The van der Waals surface area contributed by atoms with Gasteiger partial charge in [-0.05, 0) is 58.1 Å². The van der Waals surface area contributed by atoms with E-state index < -0.39 is 35.8 Å². The van der Waals surface area contributed by atoms with E-state index in [4.69, 9.17) is 9.47 Å². The van der Waals surface area contributed by atoms with Crippen molar-refractivity contribution in [2.24, 2.45) is 0 Å². The standard InChI is InChI=1S/C29H39N3O6/c1-21(33)24(17-11-12-18-30-27(35)37-20-23-15-9-6-10-16-23)31-26(34)25(19-22-13-7-5-8-14-22)32-28(36)38-29(2,3)4/h5-10,13-16,24-25H,11-12,17-20H2,1-4H3,(H,30,35)(H,31,34)(H,32,36)/t24?,25-/m1/s1. The van der Waals surface area contributed by atoms with E-state index in [0.717, 1.165) is 11.1 Å². The number of carbonyl (C=O) groups is 4. The van der Waals surface area contributed by atoms with Gasteiger partial charge < -0.3 is 25.4 Å². The van der Waals surface area contributed by atoms with Crippen LogP contribution >= 0.6 is 0 Å². The monoisotopic (exact) mass is 525 g/mol. The maximum Gasteiger partial charge on any atom is 0.408 e. The number of benzene rings is 2. The summed E-state index contributed by atoms with van der Waals surface area (Å²) in [6, 6.07) is 17.0. The highest BCUT2D eigenvalue weighted by atomic mass is 16.6. The Balaban J connectivity index is 1.84. The van der Waals surface area contributed by atoms with E-state index in [1.807, 2.05) is 60.7 Å². The number of ether oxygens (including phenoxy) is 2. The number of rotatable bonds is 13. The van der Waals surface area contributed by atoms with Crippen LogP contribution in [0.25, 0.3) is 0 Å². The molecule has 0 spiro atoms. The molecule has 0 saturated heterocycles. The Morgan fingerprint density at radius 2 is 1.39 bits per heavy atom. The normalized spacial score (nSPS) is 12.5. The van der Waals surface area contributed by atoms with Crippen molar-refractivity contribution in [2.75, 3.05) is 6.54 Å². The lowest BCUT2D eigenvalue weighted by molar-refractivity contribution is -0.128. The van der Waals surface area contributed by atoms with E-state index in [-0.39, 0.29) is 18.8 Å². The van der Waals surface area contributed by atoms with Crippen molar-refractivity contribution < 1.29 is 28.7 Å². The summed E-state index contributed by atoms with van der Waals surface area (Å²) in [5, 5.41) is 8.09. The van der Waals surface area contributed by atoms with Crippen LogP contribution in [0.15, 0.2) is 60.7 Å². The fourth-order valence-electron chi connectivity index (χ4n) is 3.60. The molecule has 0 fully saturated rings. The fourth-order valence-corrected chi connectivity index (χ4v) is 3.60. The molecular weight excluding hydrogens is 486 g/mol. The molecular formula is C29H39N3O6. The zero-order valence-electron chi connectivity index (χ0n) is 22.6. The molecule has 0 aliphatic rings. The van der Waals surface area contributed by atoms with Gasteiger partial charge in [0.2, 0.25) is 5.91 Å². The van der Waals surface area contributed by atoms with Crippen molar-refractivity contribution in [1.82, 2.24) is 16.0 Å². The SMILES string of the molecule is CC(=O)C(CCCCNC(=O)OCc1ccccc1)NC(=O)[C@@H](Cc1ccccc1)NC(=O)OC(C)(C)C.